The lowest BCUT2D eigenvalue weighted by atomic mass is 9.70. The normalized spacial score (nSPS) is 12.9. The highest BCUT2D eigenvalue weighted by atomic mass is 15.1. The van der Waals surface area contributed by atoms with Gasteiger partial charge in [-0.15, -0.1) is 0 Å². The molecule has 2 aliphatic rings. The van der Waals surface area contributed by atoms with E-state index in [1.807, 2.05) is 0 Å². The lowest BCUT2D eigenvalue weighted by Gasteiger charge is -2.31. The molecule has 0 saturated carbocycles. The van der Waals surface area contributed by atoms with E-state index < -0.39 is 5.41 Å². The molecule has 14 aromatic rings. The number of benzene rings is 13. The van der Waals surface area contributed by atoms with Crippen molar-refractivity contribution in [1.29, 1.82) is 0 Å². The van der Waals surface area contributed by atoms with Gasteiger partial charge in [0.15, 0.2) is 0 Å². The van der Waals surface area contributed by atoms with Crippen molar-refractivity contribution >= 4 is 71.2 Å². The van der Waals surface area contributed by atoms with Crippen LogP contribution in [0.5, 0.6) is 0 Å². The summed E-state index contributed by atoms with van der Waals surface area (Å²) < 4.78 is 2.39. The maximum absolute atomic E-state index is 2.46. The Labute approximate surface area is 435 Å². The molecule has 75 heavy (non-hydrogen) atoms. The number of hydrogen-bond acceptors (Lipinski definition) is 1. The maximum Gasteiger partial charge on any atom is 0.0725 e. The second-order valence-corrected chi connectivity index (χ2v) is 20.3. The molecule has 1 heterocycles. The van der Waals surface area contributed by atoms with Crippen LogP contribution >= 0.6 is 0 Å². The molecule has 13 aromatic carbocycles. The summed E-state index contributed by atoms with van der Waals surface area (Å²) in [6, 6.07) is 104. The average molecular weight is 951 g/mol. The predicted octanol–water partition coefficient (Wildman–Crippen LogP) is 19.4. The molecular formula is C73H46N2. The molecule has 0 N–H and O–H groups in total. The summed E-state index contributed by atoms with van der Waals surface area (Å²) in [6.07, 6.45) is 0. The molecule has 0 unspecified atom stereocenters. The Hall–Kier alpha value is -9.76. The van der Waals surface area contributed by atoms with Crippen molar-refractivity contribution in [1.82, 2.24) is 4.57 Å². The van der Waals surface area contributed by atoms with E-state index >= 15 is 0 Å². The van der Waals surface area contributed by atoms with Crippen molar-refractivity contribution in [2.24, 2.45) is 0 Å². The Morgan fingerprint density at radius 3 is 1.27 bits per heavy atom. The van der Waals surface area contributed by atoms with Gasteiger partial charge in [-0.3, -0.25) is 0 Å². The van der Waals surface area contributed by atoms with Crippen molar-refractivity contribution in [3.63, 3.8) is 0 Å². The first-order valence-corrected chi connectivity index (χ1v) is 26.1. The molecule has 2 aliphatic carbocycles. The van der Waals surface area contributed by atoms with Crippen molar-refractivity contribution in [3.8, 4) is 50.2 Å². The molecule has 0 amide bonds. The van der Waals surface area contributed by atoms with Gasteiger partial charge in [0, 0.05) is 33.5 Å². The predicted molar refractivity (Wildman–Crippen MR) is 315 cm³/mol. The van der Waals surface area contributed by atoms with Crippen LogP contribution in [0.15, 0.2) is 279 Å². The fraction of sp³-hybridized carbons (Fsp3) is 0.0137. The molecular weight excluding hydrogens is 905 g/mol. The second kappa shape index (κ2) is 16.1. The lowest BCUT2D eigenvalue weighted by molar-refractivity contribution is 0.794. The fourth-order valence-corrected chi connectivity index (χ4v) is 13.4. The molecule has 0 atom stereocenters. The summed E-state index contributed by atoms with van der Waals surface area (Å²) in [5.41, 5.74) is 21.8. The summed E-state index contributed by atoms with van der Waals surface area (Å²) in [4.78, 5) is 2.46. The van der Waals surface area contributed by atoms with E-state index in [1.165, 1.54) is 121 Å². The second-order valence-electron chi connectivity index (χ2n) is 20.3. The molecule has 1 aromatic heterocycles. The van der Waals surface area contributed by atoms with Crippen LogP contribution in [-0.4, -0.2) is 4.57 Å². The zero-order valence-electron chi connectivity index (χ0n) is 41.0. The smallest absolute Gasteiger partial charge is 0.0725 e. The van der Waals surface area contributed by atoms with E-state index in [0.717, 1.165) is 22.7 Å². The summed E-state index contributed by atoms with van der Waals surface area (Å²) in [6.45, 7) is 0. The minimum absolute atomic E-state index is 0.405. The van der Waals surface area contributed by atoms with Crippen molar-refractivity contribution < 1.29 is 0 Å². The molecule has 348 valence electrons. The van der Waals surface area contributed by atoms with Crippen molar-refractivity contribution in [3.05, 3.63) is 301 Å². The Morgan fingerprint density at radius 1 is 0.240 bits per heavy atom. The molecule has 0 radical (unpaired) electrons. The SMILES string of the molecule is c1ccc(-n2c3ccccc3c3ccc(-c4ccc(-c5ccc(N(c6ccc7c(c6)-c6ccccc6C76c7ccccc7-c7ccccc76)c6ccc7c8ccccc8c8ccccc8c7c6)cc5)cc4)cc32)cc1. The van der Waals surface area contributed by atoms with E-state index in [-0.39, 0.29) is 0 Å². The zero-order chi connectivity index (χ0) is 49.2. The van der Waals surface area contributed by atoms with Crippen LogP contribution in [0.3, 0.4) is 0 Å². The van der Waals surface area contributed by atoms with E-state index in [0.29, 0.717) is 0 Å². The molecule has 0 aliphatic heterocycles. The Balaban J connectivity index is 0.829. The number of fused-ring (bicyclic) bond motifs is 19. The minimum Gasteiger partial charge on any atom is -0.310 e. The standard InChI is InChI=1S/C73H46N2/c1-2-16-51(17-3-1)75-71-29-15-11-25-63(71)64-41-36-50(44-72(64)75)49-32-30-47(31-33-49)48-34-37-52(38-35-48)74(53-39-42-59-57-20-5-4-18-55(57)56-19-6-7-21-58(56)65(59)45-53)54-40-43-70-66(46-54)62-24-10-14-28-69(62)73(70)67-26-12-8-22-60(67)61-23-9-13-27-68(61)73/h1-46H. The highest BCUT2D eigenvalue weighted by molar-refractivity contribution is 6.26. The average Bonchev–Trinajstić information content (AvgIpc) is 4.12. The van der Waals surface area contributed by atoms with Crippen LogP contribution in [0, 0.1) is 0 Å². The van der Waals surface area contributed by atoms with Crippen LogP contribution in [-0.2, 0) is 5.41 Å². The first kappa shape index (κ1) is 41.8. The third kappa shape index (κ3) is 6.02. The minimum atomic E-state index is -0.405. The number of rotatable bonds is 6. The maximum atomic E-state index is 2.46. The zero-order valence-corrected chi connectivity index (χ0v) is 41.0. The van der Waals surface area contributed by atoms with Crippen LogP contribution in [0.25, 0.3) is 104 Å². The van der Waals surface area contributed by atoms with Crippen LogP contribution in [0.4, 0.5) is 17.1 Å². The monoisotopic (exact) mass is 950 g/mol. The number of nitrogens with zero attached hydrogens (tertiary/aromatic N) is 2. The molecule has 2 nitrogen and oxygen atoms in total. The van der Waals surface area contributed by atoms with Crippen LogP contribution in [0.2, 0.25) is 0 Å². The Bertz CT molecular complexity index is 4560. The van der Waals surface area contributed by atoms with Crippen LogP contribution in [0.1, 0.15) is 22.3 Å². The quantitative estimate of drug-likeness (QED) is 0.151. The first-order valence-electron chi connectivity index (χ1n) is 26.1. The van der Waals surface area contributed by atoms with Gasteiger partial charge in [0.05, 0.1) is 16.4 Å². The molecule has 1 spiro atoms. The first-order chi connectivity index (χ1) is 37.2. The number of anilines is 3. The molecule has 16 rings (SSSR count). The molecule has 0 bridgehead atoms. The number of hydrogen-bond donors (Lipinski definition) is 0. The van der Waals surface area contributed by atoms with E-state index in [2.05, 4.69) is 289 Å². The van der Waals surface area contributed by atoms with Gasteiger partial charge in [0.25, 0.3) is 0 Å². The third-order valence-corrected chi connectivity index (χ3v) is 16.6. The van der Waals surface area contributed by atoms with Crippen molar-refractivity contribution in [2.75, 3.05) is 4.90 Å². The number of para-hydroxylation sites is 2. The van der Waals surface area contributed by atoms with Gasteiger partial charge in [-0.2, -0.15) is 0 Å². The van der Waals surface area contributed by atoms with E-state index in [1.54, 1.807) is 0 Å². The summed E-state index contributed by atoms with van der Waals surface area (Å²) in [5.74, 6) is 0. The van der Waals surface area contributed by atoms with Gasteiger partial charge in [-0.1, -0.05) is 218 Å². The highest BCUT2D eigenvalue weighted by Crippen LogP contribution is 2.63. The van der Waals surface area contributed by atoms with Gasteiger partial charge in [-0.05, 0) is 160 Å². The summed E-state index contributed by atoms with van der Waals surface area (Å²) in [5, 5.41) is 10.1. The lowest BCUT2D eigenvalue weighted by Crippen LogP contribution is -2.25. The van der Waals surface area contributed by atoms with Gasteiger partial charge < -0.3 is 9.47 Å². The summed E-state index contributed by atoms with van der Waals surface area (Å²) >= 11 is 0. The third-order valence-electron chi connectivity index (χ3n) is 16.6. The van der Waals surface area contributed by atoms with Gasteiger partial charge in [0.1, 0.15) is 0 Å². The molecule has 0 fully saturated rings. The Kier molecular flexibility index (Phi) is 8.99. The van der Waals surface area contributed by atoms with Gasteiger partial charge in [0.2, 0.25) is 0 Å². The largest absolute Gasteiger partial charge is 0.310 e. The summed E-state index contributed by atoms with van der Waals surface area (Å²) in [7, 11) is 0. The highest BCUT2D eigenvalue weighted by Gasteiger charge is 2.51. The van der Waals surface area contributed by atoms with Crippen molar-refractivity contribution in [2.45, 2.75) is 5.41 Å². The Morgan fingerprint density at radius 2 is 0.640 bits per heavy atom. The molecule has 0 saturated heterocycles. The van der Waals surface area contributed by atoms with E-state index in [4.69, 9.17) is 0 Å². The topological polar surface area (TPSA) is 8.17 Å². The van der Waals surface area contributed by atoms with Gasteiger partial charge in [-0.25, -0.2) is 0 Å². The van der Waals surface area contributed by atoms with Crippen LogP contribution < -0.4 is 4.90 Å². The number of aromatic nitrogens is 1. The fourth-order valence-electron chi connectivity index (χ4n) is 13.4. The molecule has 2 heteroatoms. The van der Waals surface area contributed by atoms with Gasteiger partial charge >= 0.3 is 0 Å². The van der Waals surface area contributed by atoms with E-state index in [9.17, 15) is 0 Å².